The third kappa shape index (κ3) is 6.72. The van der Waals surface area contributed by atoms with Crippen LogP contribution in [0.15, 0.2) is 0 Å². The molecule has 7 N–H and O–H groups in total. The first-order valence-corrected chi connectivity index (χ1v) is 6.52. The molecule has 0 atom stereocenters. The monoisotopic (exact) mass is 376 g/mol. The number of nitrogens with two attached hydrogens (primary N) is 1. The van der Waals surface area contributed by atoms with Crippen LogP contribution in [0.3, 0.4) is 0 Å². The molecule has 11 nitrogen and oxygen atoms in total. The van der Waals surface area contributed by atoms with Gasteiger partial charge in [-0.05, 0) is 0 Å². The third-order valence-electron chi connectivity index (χ3n) is 3.54. The molecule has 0 amide bonds. The van der Waals surface area contributed by atoms with Crippen molar-refractivity contribution in [3.05, 3.63) is 0 Å². The third-order valence-corrected chi connectivity index (χ3v) is 3.54. The first kappa shape index (κ1) is 25.6. The zero-order valence-electron chi connectivity index (χ0n) is 12.4. The summed E-state index contributed by atoms with van der Waals surface area (Å²) in [6, 6.07) is 0. The number of hydrogen-bond donors (Lipinski definition) is 6. The van der Waals surface area contributed by atoms with Gasteiger partial charge in [0.15, 0.2) is 0 Å². The summed E-state index contributed by atoms with van der Waals surface area (Å²) in [4.78, 5) is 44.4. The van der Waals surface area contributed by atoms with E-state index in [1.165, 1.54) is 6.92 Å². The first-order chi connectivity index (χ1) is 10.4. The van der Waals surface area contributed by atoms with Gasteiger partial charge in [-0.1, -0.05) is 6.92 Å². The standard InChI is InChI=1S/C12H20N2O9.K.H/c1-2-14(23)12(5-9(19)20,6-10(21)22)11(13,3-7(15)16)4-8(17)18;;/h23H,2-6,13H2,1H3,(H,15,16)(H,17,18)(H,19,20)(H,21,22);;. The number of carbonyl (C=O) groups is 4. The Balaban J connectivity index is 0. The van der Waals surface area contributed by atoms with Gasteiger partial charge in [0, 0.05) is 6.54 Å². The first-order valence-electron chi connectivity index (χ1n) is 6.52. The Bertz CT molecular complexity index is 465. The van der Waals surface area contributed by atoms with Crippen molar-refractivity contribution in [2.45, 2.75) is 43.7 Å². The number of aliphatic carboxylic acids is 4. The molecule has 12 heteroatoms. The van der Waals surface area contributed by atoms with Crippen molar-refractivity contribution in [3.63, 3.8) is 0 Å². The Hall–Kier alpha value is -0.604. The van der Waals surface area contributed by atoms with Crippen molar-refractivity contribution < 1.29 is 44.8 Å². The van der Waals surface area contributed by atoms with Crippen LogP contribution in [0, 0.1) is 0 Å². The predicted octanol–water partition coefficient (Wildman–Crippen LogP) is -1.62. The van der Waals surface area contributed by atoms with Crippen LogP contribution in [0.4, 0.5) is 0 Å². The Morgan fingerprint density at radius 3 is 1.33 bits per heavy atom. The van der Waals surface area contributed by atoms with E-state index in [1.54, 1.807) is 0 Å². The zero-order valence-corrected chi connectivity index (χ0v) is 12.4. The minimum absolute atomic E-state index is 0. The van der Waals surface area contributed by atoms with Crippen molar-refractivity contribution in [2.75, 3.05) is 6.54 Å². The quantitative estimate of drug-likeness (QED) is 0.179. The molecule has 0 rings (SSSR count). The Kier molecular flexibility index (Phi) is 11.1. The van der Waals surface area contributed by atoms with Crippen LogP contribution < -0.4 is 5.73 Å². The van der Waals surface area contributed by atoms with Gasteiger partial charge < -0.3 is 31.4 Å². The topological polar surface area (TPSA) is 199 Å². The van der Waals surface area contributed by atoms with Gasteiger partial charge in [0.2, 0.25) is 0 Å². The summed E-state index contributed by atoms with van der Waals surface area (Å²) in [5.41, 5.74) is 1.20. The van der Waals surface area contributed by atoms with Gasteiger partial charge in [0.05, 0.1) is 36.8 Å². The number of nitrogens with zero attached hydrogens (tertiary/aromatic N) is 1. The van der Waals surface area contributed by atoms with Gasteiger partial charge in [0.1, 0.15) is 0 Å². The second kappa shape index (κ2) is 10.4. The van der Waals surface area contributed by atoms with Crippen molar-refractivity contribution in [1.29, 1.82) is 0 Å². The average Bonchev–Trinajstić information content (AvgIpc) is 2.33. The number of hydrogen-bond acceptors (Lipinski definition) is 7. The number of carboxylic acids is 4. The van der Waals surface area contributed by atoms with Gasteiger partial charge in [-0.2, -0.15) is 5.06 Å². The van der Waals surface area contributed by atoms with E-state index in [4.69, 9.17) is 26.2 Å². The number of rotatable bonds is 11. The molecule has 0 aromatic rings. The van der Waals surface area contributed by atoms with Crippen molar-refractivity contribution in [1.82, 2.24) is 5.06 Å². The molecule has 0 bridgehead atoms. The van der Waals surface area contributed by atoms with E-state index >= 15 is 0 Å². The summed E-state index contributed by atoms with van der Waals surface area (Å²) in [7, 11) is 0. The molecule has 0 unspecified atom stereocenters. The molecule has 0 spiro atoms. The molecule has 0 heterocycles. The van der Waals surface area contributed by atoms with Crippen molar-refractivity contribution in [3.8, 4) is 0 Å². The number of hydroxylamine groups is 2. The second-order valence-corrected chi connectivity index (χ2v) is 5.19. The van der Waals surface area contributed by atoms with E-state index in [-0.39, 0.29) is 57.9 Å². The molecule has 0 aliphatic carbocycles. The Morgan fingerprint density at radius 2 is 1.12 bits per heavy atom. The maximum absolute atomic E-state index is 11.2. The van der Waals surface area contributed by atoms with E-state index in [0.29, 0.717) is 5.06 Å². The molecular weight excluding hydrogens is 355 g/mol. The van der Waals surface area contributed by atoms with Crippen LogP contribution in [0.1, 0.15) is 32.6 Å². The summed E-state index contributed by atoms with van der Waals surface area (Å²) in [6.07, 6.45) is -4.20. The summed E-state index contributed by atoms with van der Waals surface area (Å²) in [5, 5.41) is 46.4. The summed E-state index contributed by atoms with van der Waals surface area (Å²) in [6.45, 7) is 1.05. The summed E-state index contributed by atoms with van der Waals surface area (Å²) < 4.78 is 0. The summed E-state index contributed by atoms with van der Waals surface area (Å²) in [5.74, 6) is -6.24. The van der Waals surface area contributed by atoms with E-state index < -0.39 is 60.6 Å². The predicted molar refractivity (Wildman–Crippen MR) is 80.0 cm³/mol. The van der Waals surface area contributed by atoms with Crippen LogP contribution in [-0.4, -0.2) is 124 Å². The molecule has 24 heavy (non-hydrogen) atoms. The molecule has 0 radical (unpaired) electrons. The summed E-state index contributed by atoms with van der Waals surface area (Å²) >= 11 is 0. The number of likely N-dealkylation sites (N-methyl/N-ethyl adjacent to an activating group) is 1. The van der Waals surface area contributed by atoms with Gasteiger partial charge in [-0.25, -0.2) is 0 Å². The average molecular weight is 376 g/mol. The van der Waals surface area contributed by atoms with E-state index in [2.05, 4.69) is 0 Å². The van der Waals surface area contributed by atoms with E-state index in [0.717, 1.165) is 0 Å². The minimum atomic E-state index is -2.34. The van der Waals surface area contributed by atoms with Crippen molar-refractivity contribution >= 4 is 75.3 Å². The van der Waals surface area contributed by atoms with Crippen LogP contribution in [0.5, 0.6) is 0 Å². The van der Waals surface area contributed by atoms with Gasteiger partial charge in [0.25, 0.3) is 0 Å². The normalized spacial score (nSPS) is 11.7. The Morgan fingerprint density at radius 1 is 0.833 bits per heavy atom. The Labute approximate surface area is 179 Å². The second-order valence-electron chi connectivity index (χ2n) is 5.19. The fourth-order valence-electron chi connectivity index (χ4n) is 2.59. The molecule has 0 fully saturated rings. The van der Waals surface area contributed by atoms with E-state index in [9.17, 15) is 24.4 Å². The van der Waals surface area contributed by atoms with Gasteiger partial charge in [-0.3, -0.25) is 19.2 Å². The van der Waals surface area contributed by atoms with Gasteiger partial charge in [-0.15, -0.1) is 0 Å². The molecule has 0 aliphatic rings. The molecule has 0 aromatic carbocycles. The van der Waals surface area contributed by atoms with Crippen molar-refractivity contribution in [2.24, 2.45) is 5.73 Å². The fraction of sp³-hybridized carbons (Fsp3) is 0.667. The zero-order chi connectivity index (χ0) is 18.4. The molecule has 0 aromatic heterocycles. The number of carboxylic acid groups (broad SMARTS) is 4. The molecule has 0 aliphatic heterocycles. The van der Waals surface area contributed by atoms with Gasteiger partial charge >= 0.3 is 75.3 Å². The molecule has 0 saturated carbocycles. The SMILES string of the molecule is CCN(O)C(CC(=O)O)(CC(=O)O)C(N)(CC(=O)O)CC(=O)O.[KH]. The maximum atomic E-state index is 11.2. The molecular formula is C12H21KN2O9. The van der Waals surface area contributed by atoms with Crippen LogP contribution in [0.25, 0.3) is 0 Å². The van der Waals surface area contributed by atoms with Crippen LogP contribution in [0.2, 0.25) is 0 Å². The van der Waals surface area contributed by atoms with Crippen LogP contribution in [-0.2, 0) is 19.2 Å². The van der Waals surface area contributed by atoms with Crippen LogP contribution >= 0.6 is 0 Å². The van der Waals surface area contributed by atoms with E-state index in [1.807, 2.05) is 0 Å². The molecule has 0 saturated heterocycles. The fourth-order valence-corrected chi connectivity index (χ4v) is 2.59. The molecule has 134 valence electrons.